The SMILES string of the molecule is CC(CCOC1(c2cccc(OP(=O)([O-])[O-])c2)OOC12C1CC3CC(C1)CC2C3)(C(=O)[O-])C(=O)[O-].O=C([O-])C(Cl)(CCOC1(c2cccc(OP(=O)([O-])[O-])c2)OOC12C1CC3CC(C1)CC2C3)C(=O)[O-].O=C([O-])C(F)(CCOC1(c2cccc(OP(=O)([O-])[O-])c2)OOC12C1CC3CC(C1)CC2C3)C(=O)[O-].[Na+].[Na+].[Na+].[Na+].[Na+].[Na+].[Na+].[Na+].[Na+].[Na+].[Na+].[Na+]. The summed E-state index contributed by atoms with van der Waals surface area (Å²) in [5, 5.41) is 68.0. The Hall–Kier alpha value is 6.19. The Morgan fingerprint density at radius 3 is 0.803 bits per heavy atom. The van der Waals surface area contributed by atoms with Crippen LogP contribution in [0.25, 0.3) is 0 Å². The van der Waals surface area contributed by atoms with Crippen molar-refractivity contribution in [2.45, 2.75) is 167 Å². The molecule has 15 aliphatic rings. The molecule has 15 fully saturated rings. The van der Waals surface area contributed by atoms with E-state index in [2.05, 4.69) is 13.6 Å². The van der Waals surface area contributed by atoms with E-state index in [1.807, 2.05) is 0 Å². The van der Waals surface area contributed by atoms with Crippen LogP contribution in [0.4, 0.5) is 4.39 Å². The normalized spacial score (nSPS) is 32.0. The molecular weight excluding hydrogens is 1760 g/mol. The van der Waals surface area contributed by atoms with Gasteiger partial charge in [0.25, 0.3) is 17.4 Å². The van der Waals surface area contributed by atoms with E-state index in [-0.39, 0.29) is 425 Å². The van der Waals surface area contributed by atoms with Crippen LogP contribution in [-0.2, 0) is 103 Å². The number of rotatable bonds is 27. The Balaban J connectivity index is 0.000000835. The van der Waals surface area contributed by atoms with Crippen molar-refractivity contribution in [3.63, 3.8) is 0 Å². The summed E-state index contributed by atoms with van der Waals surface area (Å²) >= 11 is 5.74. The summed E-state index contributed by atoms with van der Waals surface area (Å²) in [6.07, 6.45) is 11.4. The zero-order valence-electron chi connectivity index (χ0n) is 67.8. The third-order valence-corrected chi connectivity index (χ3v) is 26.2. The Bertz CT molecular complexity index is 3590. The van der Waals surface area contributed by atoms with Crippen LogP contribution in [0.3, 0.4) is 0 Å². The van der Waals surface area contributed by atoms with Crippen molar-refractivity contribution in [2.24, 2.45) is 76.4 Å². The first-order valence-corrected chi connectivity index (χ1v) is 39.1. The van der Waals surface area contributed by atoms with E-state index in [0.29, 0.717) is 41.1 Å². The Morgan fingerprint density at radius 2 is 0.607 bits per heavy atom. The maximum Gasteiger partial charge on any atom is 1.00 e. The molecule has 18 rings (SSSR count). The van der Waals surface area contributed by atoms with E-state index in [1.165, 1.54) is 67.1 Å². The molecule has 3 unspecified atom stereocenters. The standard InChI is InChI=1S/C23H29O11P.C22H26ClO11P.C22H26FO11P.12Na/c1-21(19(24)25,20(26)27)5-6-31-23(15-3-2-4-18(12-15)32-35(28,29)30)22(33-34-23)16-8-13-7-14(10-16)11-17(22)9-13;2*23-20(18(24)25,19(26)27)4-5-31-22(14-2-1-3-17(11-14)32-35(28,29)30)21(33-34-22)15-7-12-6-13(9-15)10-16(21)8-12;;;;;;;;;;;;/h2-4,12-14,16-17H,5-11H2,1H3,(H,24,25)(H,26,27)(H2,28,29,30);2*1-3,11-13,15-16H,4-10H2,(H,24,25)(H,26,27)(H2,28,29,30);;;;;;;;;;;;/q;;;12*+1/p-12. The summed E-state index contributed by atoms with van der Waals surface area (Å²) in [5.41, 5.74) is -8.26. The number of carboxylic acids is 6. The number of carbonyl (C=O) groups is 6. The molecule has 3 spiro atoms. The van der Waals surface area contributed by atoms with Gasteiger partial charge < -0.3 is 130 Å². The second kappa shape index (κ2) is 47.1. The number of alkyl halides is 2. The summed E-state index contributed by atoms with van der Waals surface area (Å²) in [6.45, 7) is -0.598. The molecule has 3 aromatic carbocycles. The maximum absolute atomic E-state index is 14.5. The Labute approximate surface area is 943 Å². The molecular formula is C67H69ClFNa12O33P3. The molecule has 3 aliphatic heterocycles. The van der Waals surface area contributed by atoms with Crippen LogP contribution in [0.5, 0.6) is 17.2 Å². The number of aliphatic carboxylic acids is 6. The molecule has 50 heteroatoms. The minimum atomic E-state index is -5.38. The number of benzene rings is 3. The fourth-order valence-corrected chi connectivity index (χ4v) is 21.6. The average molecular weight is 1830 g/mol. The first-order valence-electron chi connectivity index (χ1n) is 34.3. The summed E-state index contributed by atoms with van der Waals surface area (Å²) in [7, 11) is -16.1. The zero-order chi connectivity index (χ0) is 75.7. The number of hydrogen-bond acceptors (Lipinski definition) is 33. The molecule has 3 atom stereocenters. The Morgan fingerprint density at radius 1 is 0.376 bits per heavy atom. The van der Waals surface area contributed by atoms with Crippen molar-refractivity contribution in [1.29, 1.82) is 0 Å². The van der Waals surface area contributed by atoms with E-state index in [9.17, 15) is 107 Å². The molecule has 576 valence electrons. The van der Waals surface area contributed by atoms with Gasteiger partial charge in [0.2, 0.25) is 0 Å². The maximum atomic E-state index is 14.5. The fraction of sp³-hybridized carbons (Fsp3) is 0.642. The number of phosphoric acid groups is 3. The summed E-state index contributed by atoms with van der Waals surface area (Å²) < 4.78 is 79.9. The first kappa shape index (κ1) is 121. The third-order valence-electron chi connectivity index (χ3n) is 24.4. The minimum Gasteiger partial charge on any atom is -0.780 e. The summed E-state index contributed by atoms with van der Waals surface area (Å²) in [6, 6.07) is 16.7. The quantitative estimate of drug-likeness (QED) is 0.0225. The molecule has 0 aromatic heterocycles. The fourth-order valence-electron chi connectivity index (χ4n) is 20.4. The van der Waals surface area contributed by atoms with Crippen molar-refractivity contribution in [3.05, 3.63) is 89.5 Å². The van der Waals surface area contributed by atoms with Gasteiger partial charge in [-0.25, -0.2) is 19.1 Å². The van der Waals surface area contributed by atoms with Gasteiger partial charge in [-0.1, -0.05) is 36.4 Å². The van der Waals surface area contributed by atoms with Crippen LogP contribution in [0, 0.1) is 76.4 Å². The minimum absolute atomic E-state index is 0. The molecule has 12 saturated carbocycles. The van der Waals surface area contributed by atoms with E-state index >= 15 is 0 Å². The topological polar surface area (TPSA) is 541 Å². The number of carboxylic acid groups (broad SMARTS) is 6. The van der Waals surface area contributed by atoms with Crippen LogP contribution in [0.1, 0.15) is 139 Å². The van der Waals surface area contributed by atoms with Crippen molar-refractivity contribution in [1.82, 2.24) is 0 Å². The van der Waals surface area contributed by atoms with Gasteiger partial charge in [-0.15, -0.1) is 11.6 Å². The van der Waals surface area contributed by atoms with Crippen molar-refractivity contribution >= 4 is 70.9 Å². The molecule has 117 heavy (non-hydrogen) atoms. The predicted molar refractivity (Wildman–Crippen MR) is 317 cm³/mol. The average Bonchev–Trinajstić information content (AvgIpc) is 0.682. The van der Waals surface area contributed by atoms with Gasteiger partial charge in [0.05, 0.1) is 55.6 Å². The molecule has 3 saturated heterocycles. The van der Waals surface area contributed by atoms with Gasteiger partial charge in [0, 0.05) is 34.9 Å². The van der Waals surface area contributed by atoms with Crippen LogP contribution in [0.15, 0.2) is 72.8 Å². The number of halogens is 2. The van der Waals surface area contributed by atoms with Gasteiger partial charge in [-0.2, -0.15) is 14.7 Å². The Kier molecular flexibility index (Phi) is 48.8. The van der Waals surface area contributed by atoms with E-state index in [0.717, 1.165) is 96.8 Å². The van der Waals surface area contributed by atoms with Crippen LogP contribution in [0.2, 0.25) is 0 Å². The number of carbonyl (C=O) groups excluding carboxylic acids is 6. The molecule has 12 aliphatic carbocycles. The largest absolute Gasteiger partial charge is 1.00 e. The van der Waals surface area contributed by atoms with Crippen LogP contribution < -0.4 is 428 Å². The van der Waals surface area contributed by atoms with Crippen molar-refractivity contribution in [2.75, 3.05) is 19.8 Å². The molecule has 0 amide bonds. The van der Waals surface area contributed by atoms with Crippen molar-refractivity contribution < 1.29 is 519 Å². The second-order valence-corrected chi connectivity index (χ2v) is 34.2. The van der Waals surface area contributed by atoms with Gasteiger partial charge >= 0.3 is 355 Å². The number of ether oxygens (including phenoxy) is 3. The summed E-state index contributed by atoms with van der Waals surface area (Å²) in [4.78, 5) is 167. The van der Waals surface area contributed by atoms with Gasteiger partial charge in [-0.3, -0.25) is 0 Å². The number of phosphoric ester groups is 3. The number of hydrogen-bond donors (Lipinski definition) is 0. The van der Waals surface area contributed by atoms with Gasteiger partial charge in [0.1, 0.15) is 45.6 Å². The van der Waals surface area contributed by atoms with Gasteiger partial charge in [-0.05, 0) is 217 Å². The predicted octanol–water partition coefficient (Wildman–Crippen LogP) is -38.9. The molecule has 3 heterocycles. The molecule has 33 nitrogen and oxygen atoms in total. The molecule has 3 aromatic rings. The second-order valence-electron chi connectivity index (χ2n) is 30.3. The van der Waals surface area contributed by atoms with Crippen molar-refractivity contribution in [3.8, 4) is 17.2 Å². The van der Waals surface area contributed by atoms with E-state index < -0.39 is 142 Å². The van der Waals surface area contributed by atoms with E-state index in [4.69, 9.17) is 55.1 Å². The van der Waals surface area contributed by atoms with Crippen LogP contribution in [-0.4, -0.2) is 83.0 Å². The van der Waals surface area contributed by atoms with Gasteiger partial charge in [0.15, 0.2) is 22.5 Å². The third kappa shape index (κ3) is 23.7. The smallest absolute Gasteiger partial charge is 0.780 e. The monoisotopic (exact) mass is 1820 g/mol. The first-order chi connectivity index (χ1) is 49.2. The molecule has 12 bridgehead atoms. The molecule has 0 radical (unpaired) electrons. The zero-order valence-corrected chi connectivity index (χ0v) is 95.2. The van der Waals surface area contributed by atoms with Crippen LogP contribution >= 0.6 is 35.1 Å². The summed E-state index contributed by atoms with van der Waals surface area (Å²) in [5.74, 6) is -15.0. The van der Waals surface area contributed by atoms with E-state index in [1.54, 1.807) is 12.1 Å². The molecule has 0 N–H and O–H groups in total.